The average Bonchev–Trinajstić information content (AvgIpc) is 3.56. The Morgan fingerprint density at radius 3 is 2.65 bits per heavy atom. The fourth-order valence-corrected chi connectivity index (χ4v) is 5.86. The van der Waals surface area contributed by atoms with E-state index in [0.29, 0.717) is 24.5 Å². The summed E-state index contributed by atoms with van der Waals surface area (Å²) in [5.74, 6) is -0.585. The highest BCUT2D eigenvalue weighted by Crippen LogP contribution is 2.34. The Balaban J connectivity index is 1.23. The molecule has 0 aliphatic carbocycles. The predicted molar refractivity (Wildman–Crippen MR) is 127 cm³/mol. The Labute approximate surface area is 201 Å². The second-order valence-electron chi connectivity index (χ2n) is 8.82. The highest BCUT2D eigenvalue weighted by molar-refractivity contribution is 7.14. The number of hydrogen-bond donors (Lipinski definition) is 2. The molecule has 5 rings (SSSR count). The molecule has 9 heteroatoms. The van der Waals surface area contributed by atoms with Crippen LogP contribution in [0.5, 0.6) is 0 Å². The van der Waals surface area contributed by atoms with E-state index in [4.69, 9.17) is 0 Å². The van der Waals surface area contributed by atoms with Crippen LogP contribution in [0, 0.1) is 5.82 Å². The number of nitrogens with zero attached hydrogens (tertiary/aromatic N) is 3. The van der Waals surface area contributed by atoms with Gasteiger partial charge in [-0.1, -0.05) is 12.1 Å². The van der Waals surface area contributed by atoms with E-state index in [1.54, 1.807) is 23.2 Å². The molecular weight excluding hydrogens is 453 g/mol. The Bertz CT molecular complexity index is 1170. The first kappa shape index (κ1) is 22.6. The van der Waals surface area contributed by atoms with Crippen LogP contribution in [0.1, 0.15) is 55.8 Å². The molecule has 2 aromatic heterocycles. The highest BCUT2D eigenvalue weighted by Gasteiger charge is 2.39. The van der Waals surface area contributed by atoms with Crippen molar-refractivity contribution in [1.82, 2.24) is 25.7 Å². The molecule has 1 atom stereocenters. The quantitative estimate of drug-likeness (QED) is 0.586. The van der Waals surface area contributed by atoms with Gasteiger partial charge in [0.2, 0.25) is 0 Å². The summed E-state index contributed by atoms with van der Waals surface area (Å²) in [4.78, 5) is 29.3. The van der Waals surface area contributed by atoms with Crippen molar-refractivity contribution >= 4 is 23.2 Å². The summed E-state index contributed by atoms with van der Waals surface area (Å²) in [5, 5.41) is 14.8. The van der Waals surface area contributed by atoms with Crippen molar-refractivity contribution in [2.75, 3.05) is 26.2 Å². The smallest absolute Gasteiger partial charge is 0.262 e. The third kappa shape index (κ3) is 4.45. The van der Waals surface area contributed by atoms with Crippen LogP contribution in [-0.4, -0.2) is 53.1 Å². The van der Waals surface area contributed by atoms with Crippen LogP contribution >= 0.6 is 11.3 Å². The van der Waals surface area contributed by atoms with Gasteiger partial charge in [0.1, 0.15) is 5.82 Å². The lowest BCUT2D eigenvalue weighted by atomic mass is 9.93. The van der Waals surface area contributed by atoms with Gasteiger partial charge in [0.05, 0.1) is 21.7 Å². The van der Waals surface area contributed by atoms with E-state index >= 15 is 0 Å². The Hall–Kier alpha value is -3.17. The number of likely N-dealkylation sites (tertiary alicyclic amines) is 1. The molecule has 0 saturated carbocycles. The van der Waals surface area contributed by atoms with Crippen LogP contribution in [0.25, 0.3) is 0 Å². The molecule has 1 aromatic carbocycles. The number of rotatable bonds is 5. The molecule has 2 N–H and O–H groups in total. The number of thiophene rings is 1. The van der Waals surface area contributed by atoms with Crippen molar-refractivity contribution in [3.63, 3.8) is 0 Å². The van der Waals surface area contributed by atoms with Crippen molar-refractivity contribution in [1.29, 1.82) is 0 Å². The summed E-state index contributed by atoms with van der Waals surface area (Å²) in [6.07, 6.45) is 3.96. The number of carbonyl (C=O) groups is 2. The van der Waals surface area contributed by atoms with Gasteiger partial charge in [-0.15, -0.1) is 11.3 Å². The van der Waals surface area contributed by atoms with Crippen LogP contribution in [0.15, 0.2) is 54.7 Å². The van der Waals surface area contributed by atoms with E-state index in [-0.39, 0.29) is 23.3 Å². The first-order valence-corrected chi connectivity index (χ1v) is 12.3. The number of benzene rings is 1. The van der Waals surface area contributed by atoms with Crippen LogP contribution in [-0.2, 0) is 5.54 Å². The van der Waals surface area contributed by atoms with E-state index in [0.717, 1.165) is 36.4 Å². The van der Waals surface area contributed by atoms with Gasteiger partial charge in [0.25, 0.3) is 11.8 Å². The minimum absolute atomic E-state index is 0.113. The van der Waals surface area contributed by atoms with Crippen LogP contribution in [0.3, 0.4) is 0 Å². The van der Waals surface area contributed by atoms with Crippen molar-refractivity contribution in [2.45, 2.75) is 30.7 Å². The van der Waals surface area contributed by atoms with E-state index in [2.05, 4.69) is 20.8 Å². The normalized spacial score (nSPS) is 20.9. The number of halogens is 1. The minimum atomic E-state index is -0.562. The summed E-state index contributed by atoms with van der Waals surface area (Å²) >= 11 is 1.50. The van der Waals surface area contributed by atoms with E-state index in [1.165, 1.54) is 23.5 Å². The maximum atomic E-state index is 14.0. The topological polar surface area (TPSA) is 87.2 Å². The van der Waals surface area contributed by atoms with Gasteiger partial charge in [-0.2, -0.15) is 10.2 Å². The lowest BCUT2D eigenvalue weighted by Crippen LogP contribution is -2.48. The number of aromatic nitrogens is 2. The van der Waals surface area contributed by atoms with Crippen LogP contribution in [0.2, 0.25) is 0 Å². The molecule has 2 amide bonds. The molecule has 0 bridgehead atoms. The average molecular weight is 480 g/mol. The maximum absolute atomic E-state index is 14.0. The predicted octanol–water partition coefficient (Wildman–Crippen LogP) is 3.32. The van der Waals surface area contributed by atoms with E-state index in [1.807, 2.05) is 24.3 Å². The van der Waals surface area contributed by atoms with Crippen molar-refractivity contribution < 1.29 is 14.0 Å². The molecule has 3 aromatic rings. The van der Waals surface area contributed by atoms with Crippen molar-refractivity contribution in [3.05, 3.63) is 81.6 Å². The maximum Gasteiger partial charge on any atom is 0.262 e. The summed E-state index contributed by atoms with van der Waals surface area (Å²) in [7, 11) is 0. The standard InChI is InChI=1S/C25H26FN5O2S/c26-19-5-2-1-4-18(19)24(33)31-14-9-17(10-15-31)20-7-8-21(34-20)23(32)29-25(11-13-27-16-25)22-6-3-12-28-30-22/h1-8,12,17,27H,9-11,13-16H2,(H,29,32)/t25-/m0/s1. The van der Waals surface area contributed by atoms with Gasteiger partial charge < -0.3 is 15.5 Å². The zero-order chi connectivity index (χ0) is 23.5. The molecule has 7 nitrogen and oxygen atoms in total. The number of amides is 2. The van der Waals surface area contributed by atoms with Gasteiger partial charge in [-0.3, -0.25) is 9.59 Å². The minimum Gasteiger partial charge on any atom is -0.339 e. The lowest BCUT2D eigenvalue weighted by molar-refractivity contribution is 0.0708. The largest absolute Gasteiger partial charge is 0.339 e. The SMILES string of the molecule is O=C(N[C@@]1(c2cccnn2)CCNC1)c1ccc(C2CCN(C(=O)c3ccccc3F)CC2)s1. The summed E-state index contributed by atoms with van der Waals surface area (Å²) in [6.45, 7) is 2.55. The Morgan fingerprint density at radius 1 is 1.12 bits per heavy atom. The first-order chi connectivity index (χ1) is 16.6. The van der Waals surface area contributed by atoms with Gasteiger partial charge in [0.15, 0.2) is 0 Å². The molecule has 2 fully saturated rings. The number of nitrogens with one attached hydrogen (secondary N) is 2. The summed E-state index contributed by atoms with van der Waals surface area (Å²) in [5.41, 5.74) is 0.319. The second kappa shape index (κ2) is 9.60. The van der Waals surface area contributed by atoms with Gasteiger partial charge in [0, 0.05) is 30.7 Å². The molecule has 2 saturated heterocycles. The molecule has 2 aliphatic heterocycles. The fraction of sp³-hybridized carbons (Fsp3) is 0.360. The molecule has 0 unspecified atom stereocenters. The summed E-state index contributed by atoms with van der Waals surface area (Å²) < 4.78 is 14.0. The van der Waals surface area contributed by atoms with Gasteiger partial charge in [-0.05, 0) is 68.1 Å². The third-order valence-electron chi connectivity index (χ3n) is 6.71. The summed E-state index contributed by atoms with van der Waals surface area (Å²) in [6, 6.07) is 13.7. The fourth-order valence-electron chi connectivity index (χ4n) is 4.78. The lowest BCUT2D eigenvalue weighted by Gasteiger charge is -2.31. The van der Waals surface area contributed by atoms with Crippen LogP contribution < -0.4 is 10.6 Å². The van der Waals surface area contributed by atoms with Crippen molar-refractivity contribution in [3.8, 4) is 0 Å². The third-order valence-corrected chi connectivity index (χ3v) is 7.96. The molecule has 0 spiro atoms. The monoisotopic (exact) mass is 479 g/mol. The highest BCUT2D eigenvalue weighted by atomic mass is 32.1. The van der Waals surface area contributed by atoms with Crippen molar-refractivity contribution in [2.24, 2.45) is 0 Å². The molecule has 0 radical (unpaired) electrons. The van der Waals surface area contributed by atoms with Gasteiger partial charge in [-0.25, -0.2) is 4.39 Å². The molecule has 2 aliphatic rings. The Kier molecular flexibility index (Phi) is 6.38. The van der Waals surface area contributed by atoms with E-state index < -0.39 is 11.4 Å². The van der Waals surface area contributed by atoms with Crippen LogP contribution in [0.4, 0.5) is 4.39 Å². The molecule has 4 heterocycles. The second-order valence-corrected chi connectivity index (χ2v) is 9.94. The zero-order valence-electron chi connectivity index (χ0n) is 18.7. The number of carbonyl (C=O) groups excluding carboxylic acids is 2. The zero-order valence-corrected chi connectivity index (χ0v) is 19.5. The Morgan fingerprint density at radius 2 is 1.94 bits per heavy atom. The number of piperidine rings is 1. The van der Waals surface area contributed by atoms with Gasteiger partial charge >= 0.3 is 0 Å². The molecule has 176 valence electrons. The molecular formula is C25H26FN5O2S. The van der Waals surface area contributed by atoms with E-state index in [9.17, 15) is 14.0 Å². The number of hydrogen-bond acceptors (Lipinski definition) is 6. The molecule has 34 heavy (non-hydrogen) atoms. The first-order valence-electron chi connectivity index (χ1n) is 11.5.